The molecule has 0 aromatic carbocycles. The van der Waals surface area contributed by atoms with Gasteiger partial charge in [-0.05, 0) is 43.3 Å². The van der Waals surface area contributed by atoms with Crippen molar-refractivity contribution in [3.63, 3.8) is 0 Å². The highest BCUT2D eigenvalue weighted by Crippen LogP contribution is 2.15. The van der Waals surface area contributed by atoms with Crippen LogP contribution in [-0.4, -0.2) is 40.7 Å². The van der Waals surface area contributed by atoms with Crippen LogP contribution in [0.4, 0.5) is 0 Å². The van der Waals surface area contributed by atoms with Crippen molar-refractivity contribution in [2.24, 2.45) is 0 Å². The fraction of sp³-hybridized carbons (Fsp3) is 0.385. The maximum absolute atomic E-state index is 12.4. The van der Waals surface area contributed by atoms with Gasteiger partial charge in [-0.25, -0.2) is 4.52 Å². The van der Waals surface area contributed by atoms with Crippen molar-refractivity contribution in [1.29, 1.82) is 0 Å². The summed E-state index contributed by atoms with van der Waals surface area (Å²) in [6, 6.07) is 3.26. The zero-order valence-corrected chi connectivity index (χ0v) is 12.5. The van der Waals surface area contributed by atoms with Gasteiger partial charge in [0.25, 0.3) is 5.91 Å². The zero-order chi connectivity index (χ0) is 15.7. The summed E-state index contributed by atoms with van der Waals surface area (Å²) in [5.74, 6) is 0.505. The molecule has 3 rings (SSSR count). The number of nitrogens with one attached hydrogen (secondary N) is 1. The normalized spacial score (nSPS) is 12.7. The number of hydrogen-bond acceptors (Lipinski definition) is 6. The Morgan fingerprint density at radius 2 is 2.09 bits per heavy atom. The van der Waals surface area contributed by atoms with E-state index in [-0.39, 0.29) is 18.0 Å². The second kappa shape index (κ2) is 5.51. The predicted molar refractivity (Wildman–Crippen MR) is 77.1 cm³/mol. The summed E-state index contributed by atoms with van der Waals surface area (Å²) in [6.07, 6.45) is 3.31. The van der Waals surface area contributed by atoms with E-state index >= 15 is 0 Å². The van der Waals surface area contributed by atoms with Crippen LogP contribution in [0, 0.1) is 0 Å². The van der Waals surface area contributed by atoms with E-state index in [2.05, 4.69) is 31.0 Å². The first-order valence-electron chi connectivity index (χ1n) is 6.94. The Bertz CT molecular complexity index is 805. The highest BCUT2D eigenvalue weighted by atomic mass is 16.1. The van der Waals surface area contributed by atoms with Crippen molar-refractivity contribution >= 4 is 11.6 Å². The lowest BCUT2D eigenvalue weighted by molar-refractivity contribution is 0.0937. The third kappa shape index (κ3) is 2.52. The average molecular weight is 300 g/mol. The number of amides is 1. The second-order valence-electron chi connectivity index (χ2n) is 5.28. The summed E-state index contributed by atoms with van der Waals surface area (Å²) in [7, 11) is 0. The van der Waals surface area contributed by atoms with Crippen LogP contribution >= 0.6 is 0 Å². The van der Waals surface area contributed by atoms with Gasteiger partial charge < -0.3 is 9.88 Å². The van der Waals surface area contributed by atoms with Crippen LogP contribution in [-0.2, 0) is 0 Å². The number of rotatable bonds is 4. The molecule has 3 heterocycles. The van der Waals surface area contributed by atoms with Crippen molar-refractivity contribution in [3.8, 4) is 0 Å². The average Bonchev–Trinajstić information content (AvgIpc) is 3.15. The summed E-state index contributed by atoms with van der Waals surface area (Å²) >= 11 is 0. The molecule has 0 aliphatic heterocycles. The maximum atomic E-state index is 12.4. The lowest BCUT2D eigenvalue weighted by atomic mass is 10.2. The van der Waals surface area contributed by atoms with Gasteiger partial charge in [-0.1, -0.05) is 0 Å². The summed E-state index contributed by atoms with van der Waals surface area (Å²) < 4.78 is 3.42. The number of carbonyl (C=O) groups excluding carboxylic acids is 1. The van der Waals surface area contributed by atoms with Gasteiger partial charge in [-0.15, -0.1) is 15.3 Å². The molecule has 0 bridgehead atoms. The smallest absolute Gasteiger partial charge is 0.252 e. The SMILES string of the molecule is CC(NC(=O)c1ccn2nnnc2c1)c1nncn1C(C)C. The van der Waals surface area contributed by atoms with E-state index in [1.165, 1.54) is 4.52 Å². The van der Waals surface area contributed by atoms with Crippen LogP contribution in [0.25, 0.3) is 5.65 Å². The van der Waals surface area contributed by atoms with Crippen molar-refractivity contribution in [2.45, 2.75) is 32.9 Å². The topological polar surface area (TPSA) is 103 Å². The van der Waals surface area contributed by atoms with E-state index in [0.717, 1.165) is 0 Å². The standard InChI is InChI=1S/C13H16N8O/c1-8(2)20-7-14-17-12(20)9(3)15-13(22)10-4-5-21-11(6-10)16-18-19-21/h4-9H,1-3H3,(H,15,22). The third-order valence-electron chi connectivity index (χ3n) is 3.35. The van der Waals surface area contributed by atoms with Gasteiger partial charge in [0.2, 0.25) is 0 Å². The number of aromatic nitrogens is 7. The molecule has 0 spiro atoms. The minimum atomic E-state index is -0.260. The van der Waals surface area contributed by atoms with E-state index in [1.54, 1.807) is 24.7 Å². The van der Waals surface area contributed by atoms with Gasteiger partial charge in [-0.2, -0.15) is 0 Å². The largest absolute Gasteiger partial charge is 0.342 e. The number of carbonyl (C=O) groups is 1. The maximum Gasteiger partial charge on any atom is 0.252 e. The van der Waals surface area contributed by atoms with Crippen molar-refractivity contribution in [3.05, 3.63) is 36.0 Å². The molecule has 9 nitrogen and oxygen atoms in total. The Kier molecular flexibility index (Phi) is 3.53. The molecule has 0 radical (unpaired) electrons. The molecule has 1 unspecified atom stereocenters. The van der Waals surface area contributed by atoms with Crippen molar-refractivity contribution < 1.29 is 4.79 Å². The van der Waals surface area contributed by atoms with Crippen LogP contribution < -0.4 is 5.32 Å². The molecule has 0 aliphatic carbocycles. The van der Waals surface area contributed by atoms with Crippen LogP contribution in [0.2, 0.25) is 0 Å². The van der Waals surface area contributed by atoms with Gasteiger partial charge in [0, 0.05) is 17.8 Å². The third-order valence-corrected chi connectivity index (χ3v) is 3.35. The van der Waals surface area contributed by atoms with Crippen LogP contribution in [0.15, 0.2) is 24.7 Å². The number of nitrogens with zero attached hydrogens (tertiary/aromatic N) is 7. The Balaban J connectivity index is 1.79. The van der Waals surface area contributed by atoms with Gasteiger partial charge >= 0.3 is 0 Å². The molecular weight excluding hydrogens is 284 g/mol. The first-order valence-corrected chi connectivity index (χ1v) is 6.94. The van der Waals surface area contributed by atoms with E-state index in [1.807, 2.05) is 25.3 Å². The highest BCUT2D eigenvalue weighted by Gasteiger charge is 2.18. The monoisotopic (exact) mass is 300 g/mol. The molecule has 0 fully saturated rings. The molecule has 1 N–H and O–H groups in total. The van der Waals surface area contributed by atoms with Crippen LogP contribution in [0.5, 0.6) is 0 Å². The van der Waals surface area contributed by atoms with Crippen LogP contribution in [0.3, 0.4) is 0 Å². The van der Waals surface area contributed by atoms with Crippen LogP contribution in [0.1, 0.15) is 49.0 Å². The molecule has 0 saturated heterocycles. The summed E-state index contributed by atoms with van der Waals surface area (Å²) in [6.45, 7) is 5.94. The van der Waals surface area contributed by atoms with Gasteiger partial charge in [0.05, 0.1) is 6.04 Å². The molecule has 1 amide bonds. The fourth-order valence-electron chi connectivity index (χ4n) is 2.19. The van der Waals surface area contributed by atoms with Gasteiger partial charge in [0.1, 0.15) is 6.33 Å². The fourth-order valence-corrected chi connectivity index (χ4v) is 2.19. The molecular formula is C13H16N8O. The lowest BCUT2D eigenvalue weighted by Gasteiger charge is -2.16. The van der Waals surface area contributed by atoms with Crippen molar-refractivity contribution in [2.75, 3.05) is 0 Å². The van der Waals surface area contributed by atoms with Gasteiger partial charge in [-0.3, -0.25) is 4.79 Å². The highest BCUT2D eigenvalue weighted by molar-refractivity contribution is 5.95. The molecule has 3 aromatic rings. The molecule has 1 atom stereocenters. The Morgan fingerprint density at radius 3 is 2.86 bits per heavy atom. The minimum absolute atomic E-state index is 0.212. The van der Waals surface area contributed by atoms with E-state index < -0.39 is 0 Å². The van der Waals surface area contributed by atoms with Gasteiger partial charge in [0.15, 0.2) is 11.5 Å². The predicted octanol–water partition coefficient (Wildman–Crippen LogP) is 0.788. The number of fused-ring (bicyclic) bond motifs is 1. The summed E-state index contributed by atoms with van der Waals surface area (Å²) in [5, 5.41) is 22.0. The summed E-state index contributed by atoms with van der Waals surface area (Å²) in [5.41, 5.74) is 1.01. The minimum Gasteiger partial charge on any atom is -0.342 e. The number of hydrogen-bond donors (Lipinski definition) is 1. The Morgan fingerprint density at radius 1 is 1.27 bits per heavy atom. The zero-order valence-electron chi connectivity index (χ0n) is 12.5. The first-order chi connectivity index (χ1) is 10.6. The molecule has 0 aliphatic rings. The quantitative estimate of drug-likeness (QED) is 0.764. The molecule has 22 heavy (non-hydrogen) atoms. The summed E-state index contributed by atoms with van der Waals surface area (Å²) in [4.78, 5) is 12.4. The molecule has 3 aromatic heterocycles. The second-order valence-corrected chi connectivity index (χ2v) is 5.28. The Labute approximate surface area is 126 Å². The van der Waals surface area contributed by atoms with Crippen molar-refractivity contribution in [1.82, 2.24) is 40.1 Å². The Hall–Kier alpha value is -2.84. The number of pyridine rings is 1. The van der Waals surface area contributed by atoms with E-state index in [0.29, 0.717) is 17.0 Å². The first kappa shape index (κ1) is 14.1. The van der Waals surface area contributed by atoms with E-state index in [4.69, 9.17) is 0 Å². The molecule has 114 valence electrons. The number of tetrazole rings is 1. The van der Waals surface area contributed by atoms with E-state index in [9.17, 15) is 4.79 Å². The lowest BCUT2D eigenvalue weighted by Crippen LogP contribution is -2.29. The molecule has 9 heteroatoms. The molecule has 0 saturated carbocycles.